The van der Waals surface area contributed by atoms with Crippen molar-refractivity contribution >= 4 is 18.0 Å². The highest BCUT2D eigenvalue weighted by Crippen LogP contribution is 2.23. The van der Waals surface area contributed by atoms with Crippen LogP contribution in [-0.4, -0.2) is 16.5 Å². The number of esters is 2. The molecule has 0 aliphatic rings. The van der Waals surface area contributed by atoms with E-state index < -0.39 is 11.9 Å². The lowest BCUT2D eigenvalue weighted by Crippen LogP contribution is -2.15. The topological polar surface area (TPSA) is 57.5 Å². The number of hydrogen-bond donors (Lipinski definition) is 0. The van der Waals surface area contributed by atoms with Crippen LogP contribution in [0.2, 0.25) is 0 Å². The highest BCUT2D eigenvalue weighted by Gasteiger charge is 2.18. The Kier molecular flexibility index (Phi) is 5.75. The molecule has 0 saturated carbocycles. The molecule has 1 aromatic heterocycles. The Bertz CT molecular complexity index is 1020. The highest BCUT2D eigenvalue weighted by molar-refractivity contribution is 5.95. The lowest BCUT2D eigenvalue weighted by Gasteiger charge is -2.10. The third kappa shape index (κ3) is 4.38. The van der Waals surface area contributed by atoms with Crippen LogP contribution in [0.3, 0.4) is 0 Å². The second-order valence-corrected chi connectivity index (χ2v) is 6.30. The van der Waals surface area contributed by atoms with Crippen LogP contribution in [0.4, 0.5) is 0 Å². The molecule has 3 aromatic rings. The molecule has 0 atom stereocenters. The molecule has 0 aliphatic carbocycles. The molecule has 5 nitrogen and oxygen atoms in total. The van der Waals surface area contributed by atoms with Crippen LogP contribution in [0, 0.1) is 13.8 Å². The second kappa shape index (κ2) is 8.39. The number of para-hydroxylation sites is 2. The molecule has 0 amide bonds. The maximum atomic E-state index is 12.6. The van der Waals surface area contributed by atoms with E-state index in [1.165, 1.54) is 13.0 Å². The van der Waals surface area contributed by atoms with Gasteiger partial charge in [0.05, 0.1) is 0 Å². The minimum Gasteiger partial charge on any atom is -0.421 e. The normalized spacial score (nSPS) is 11.2. The second-order valence-electron chi connectivity index (χ2n) is 6.30. The van der Waals surface area contributed by atoms with Crippen molar-refractivity contribution in [3.8, 4) is 11.4 Å². The minimum atomic E-state index is -0.731. The van der Waals surface area contributed by atoms with Crippen LogP contribution < -0.4 is 4.74 Å². The quantitative estimate of drug-likeness (QED) is 0.283. The smallest absolute Gasteiger partial charge is 0.379 e. The van der Waals surface area contributed by atoms with Crippen molar-refractivity contribution in [2.24, 2.45) is 0 Å². The summed E-state index contributed by atoms with van der Waals surface area (Å²) >= 11 is 0. The van der Waals surface area contributed by atoms with E-state index in [9.17, 15) is 9.59 Å². The molecule has 0 N–H and O–H groups in total. The fourth-order valence-corrected chi connectivity index (χ4v) is 2.98. The predicted molar refractivity (Wildman–Crippen MR) is 107 cm³/mol. The number of aromatic nitrogens is 1. The van der Waals surface area contributed by atoms with Crippen molar-refractivity contribution in [3.05, 3.63) is 89.4 Å². The highest BCUT2D eigenvalue weighted by atomic mass is 16.6. The SMILES string of the molecule is CC(=O)OC(=Cc1cc(C)n(-c2ccccc2)c1C)C(=O)Oc1ccccc1. The fourth-order valence-electron chi connectivity index (χ4n) is 2.98. The van der Waals surface area contributed by atoms with Gasteiger partial charge in [0.25, 0.3) is 0 Å². The van der Waals surface area contributed by atoms with E-state index in [0.29, 0.717) is 5.75 Å². The predicted octanol–water partition coefficient (Wildman–Crippen LogP) is 4.60. The molecule has 1 heterocycles. The van der Waals surface area contributed by atoms with Crippen molar-refractivity contribution in [1.82, 2.24) is 4.57 Å². The molecular formula is C23H21NO4. The van der Waals surface area contributed by atoms with Crippen molar-refractivity contribution in [1.29, 1.82) is 0 Å². The summed E-state index contributed by atoms with van der Waals surface area (Å²) in [5, 5.41) is 0. The summed E-state index contributed by atoms with van der Waals surface area (Å²) in [6, 6.07) is 20.5. The molecular weight excluding hydrogens is 354 g/mol. The molecule has 28 heavy (non-hydrogen) atoms. The van der Waals surface area contributed by atoms with Crippen molar-refractivity contribution < 1.29 is 19.1 Å². The summed E-state index contributed by atoms with van der Waals surface area (Å²) in [4.78, 5) is 24.1. The first-order valence-electron chi connectivity index (χ1n) is 8.87. The Morgan fingerprint density at radius 2 is 1.54 bits per heavy atom. The number of rotatable bonds is 5. The van der Waals surface area contributed by atoms with Crippen molar-refractivity contribution in [2.75, 3.05) is 0 Å². The van der Waals surface area contributed by atoms with Gasteiger partial charge in [-0.3, -0.25) is 4.79 Å². The number of ether oxygens (including phenoxy) is 2. The Hall–Kier alpha value is -3.60. The summed E-state index contributed by atoms with van der Waals surface area (Å²) in [7, 11) is 0. The molecule has 0 saturated heterocycles. The number of carbonyl (C=O) groups excluding carboxylic acids is 2. The maximum absolute atomic E-state index is 12.6. The lowest BCUT2D eigenvalue weighted by molar-refractivity contribution is -0.145. The summed E-state index contributed by atoms with van der Waals surface area (Å²) in [5.41, 5.74) is 3.69. The zero-order valence-corrected chi connectivity index (χ0v) is 16.0. The summed E-state index contributed by atoms with van der Waals surface area (Å²) < 4.78 is 12.5. The Morgan fingerprint density at radius 3 is 2.14 bits per heavy atom. The van der Waals surface area contributed by atoms with Gasteiger partial charge in [-0.2, -0.15) is 0 Å². The number of benzene rings is 2. The van der Waals surface area contributed by atoms with Crippen LogP contribution in [0.25, 0.3) is 11.8 Å². The van der Waals surface area contributed by atoms with E-state index in [1.807, 2.05) is 56.3 Å². The molecule has 0 spiro atoms. The standard InChI is InChI=1S/C23H21NO4/c1-16-14-19(17(2)24(16)20-10-6-4-7-11-20)15-22(27-18(3)25)23(26)28-21-12-8-5-9-13-21/h4-15H,1-3H3. The van der Waals surface area contributed by atoms with E-state index in [2.05, 4.69) is 4.57 Å². The monoisotopic (exact) mass is 375 g/mol. The number of nitrogens with zero attached hydrogens (tertiary/aromatic N) is 1. The third-order valence-electron chi connectivity index (χ3n) is 4.18. The molecule has 2 aromatic carbocycles. The van der Waals surface area contributed by atoms with Gasteiger partial charge >= 0.3 is 11.9 Å². The average molecular weight is 375 g/mol. The van der Waals surface area contributed by atoms with E-state index in [0.717, 1.165) is 22.6 Å². The van der Waals surface area contributed by atoms with Gasteiger partial charge in [-0.15, -0.1) is 0 Å². The number of carbonyl (C=O) groups is 2. The van der Waals surface area contributed by atoms with Gasteiger partial charge in [0.2, 0.25) is 5.76 Å². The molecule has 0 bridgehead atoms. The lowest BCUT2D eigenvalue weighted by atomic mass is 10.2. The Morgan fingerprint density at radius 1 is 0.929 bits per heavy atom. The first kappa shape index (κ1) is 19.2. The molecule has 0 radical (unpaired) electrons. The van der Waals surface area contributed by atoms with Crippen molar-refractivity contribution in [3.63, 3.8) is 0 Å². The van der Waals surface area contributed by atoms with E-state index in [-0.39, 0.29) is 5.76 Å². The van der Waals surface area contributed by atoms with Gasteiger partial charge in [0.1, 0.15) is 5.75 Å². The molecule has 5 heteroatoms. The van der Waals surface area contributed by atoms with Gasteiger partial charge < -0.3 is 14.0 Å². The van der Waals surface area contributed by atoms with Crippen LogP contribution in [0.15, 0.2) is 72.5 Å². The third-order valence-corrected chi connectivity index (χ3v) is 4.18. The van der Waals surface area contributed by atoms with Crippen LogP contribution in [0.5, 0.6) is 5.75 Å². The van der Waals surface area contributed by atoms with Crippen LogP contribution in [-0.2, 0) is 14.3 Å². The fraction of sp³-hybridized carbons (Fsp3) is 0.130. The van der Waals surface area contributed by atoms with E-state index >= 15 is 0 Å². The van der Waals surface area contributed by atoms with Crippen molar-refractivity contribution in [2.45, 2.75) is 20.8 Å². The van der Waals surface area contributed by atoms with Gasteiger partial charge in [0.15, 0.2) is 0 Å². The number of hydrogen-bond acceptors (Lipinski definition) is 4. The van der Waals surface area contributed by atoms with E-state index in [1.54, 1.807) is 24.3 Å². The van der Waals surface area contributed by atoms with Crippen LogP contribution >= 0.6 is 0 Å². The summed E-state index contributed by atoms with van der Waals surface area (Å²) in [6.45, 7) is 5.17. The molecule has 3 rings (SSSR count). The molecule has 0 unspecified atom stereocenters. The number of aryl methyl sites for hydroxylation is 1. The average Bonchev–Trinajstić information content (AvgIpc) is 2.95. The minimum absolute atomic E-state index is 0.162. The summed E-state index contributed by atoms with van der Waals surface area (Å²) in [5.74, 6) is -1.11. The van der Waals surface area contributed by atoms with Crippen LogP contribution in [0.1, 0.15) is 23.9 Å². The zero-order chi connectivity index (χ0) is 20.1. The molecule has 142 valence electrons. The molecule has 0 fully saturated rings. The summed E-state index contributed by atoms with van der Waals surface area (Å²) in [6.07, 6.45) is 1.54. The molecule has 0 aliphatic heterocycles. The van der Waals surface area contributed by atoms with Gasteiger partial charge in [0, 0.05) is 24.0 Å². The largest absolute Gasteiger partial charge is 0.421 e. The first-order valence-corrected chi connectivity index (χ1v) is 8.87. The van der Waals surface area contributed by atoms with E-state index in [4.69, 9.17) is 9.47 Å². The van der Waals surface area contributed by atoms with Gasteiger partial charge in [-0.05, 0) is 55.8 Å². The van der Waals surface area contributed by atoms with Gasteiger partial charge in [-0.25, -0.2) is 4.79 Å². The Labute approximate surface area is 163 Å². The zero-order valence-electron chi connectivity index (χ0n) is 16.0. The first-order chi connectivity index (χ1) is 13.5. The Balaban J connectivity index is 1.97. The maximum Gasteiger partial charge on any atom is 0.379 e. The van der Waals surface area contributed by atoms with Gasteiger partial charge in [-0.1, -0.05) is 36.4 Å².